The summed E-state index contributed by atoms with van der Waals surface area (Å²) in [4.78, 5) is 25.2. The molecule has 1 aliphatic heterocycles. The summed E-state index contributed by atoms with van der Waals surface area (Å²) in [5, 5.41) is 14.0. The maximum atomic E-state index is 13.2. The maximum Gasteiger partial charge on any atom is 0.314 e. The van der Waals surface area contributed by atoms with Crippen LogP contribution in [0.4, 0.5) is 0 Å². The molecule has 1 heterocycles. The average Bonchev–Trinajstić information content (AvgIpc) is 3.08. The van der Waals surface area contributed by atoms with Crippen molar-refractivity contribution in [1.82, 2.24) is 5.32 Å². The van der Waals surface area contributed by atoms with Crippen LogP contribution in [0.15, 0.2) is 36.4 Å². The molecule has 3 saturated carbocycles. The van der Waals surface area contributed by atoms with Gasteiger partial charge in [0.05, 0.1) is 5.41 Å². The van der Waals surface area contributed by atoms with Gasteiger partial charge in [0.25, 0.3) is 0 Å². The first-order valence-electron chi connectivity index (χ1n) is 12.8. The highest BCUT2D eigenvalue weighted by molar-refractivity contribution is 5.89. The highest BCUT2D eigenvalue weighted by Crippen LogP contribution is 2.69. The van der Waals surface area contributed by atoms with E-state index in [1.165, 1.54) is 5.56 Å². The maximum absolute atomic E-state index is 13.2. The van der Waals surface area contributed by atoms with Crippen molar-refractivity contribution in [3.8, 4) is 0 Å². The number of carbonyl (C=O) groups excluding carboxylic acids is 1. The Morgan fingerprint density at radius 1 is 1.06 bits per heavy atom. The van der Waals surface area contributed by atoms with Crippen molar-refractivity contribution in [2.24, 2.45) is 28.6 Å². The van der Waals surface area contributed by atoms with Gasteiger partial charge in [0, 0.05) is 11.5 Å². The standard InChI is InChI=1S/C29H39NO3/c1-26(2,3)18-7-6-8-19(17-18)29(25(32)33)16-12-22-20-9-10-23-27(4,14-13-24(31)30-23)21(20)11-15-28(22,29)5/h6-8,13-14,17,20-23H,9-12,15-16H2,1-5H3,(H,30,31)(H,32,33)/t20-,21-,22+,23?,27-,28+,29?/m1/s1. The smallest absolute Gasteiger partial charge is 0.314 e. The summed E-state index contributed by atoms with van der Waals surface area (Å²) in [7, 11) is 0. The summed E-state index contributed by atoms with van der Waals surface area (Å²) in [5.41, 5.74) is 1.06. The Morgan fingerprint density at radius 3 is 2.48 bits per heavy atom. The fourth-order valence-corrected chi connectivity index (χ4v) is 8.57. The van der Waals surface area contributed by atoms with E-state index in [0.717, 1.165) is 37.7 Å². The largest absolute Gasteiger partial charge is 0.481 e. The predicted octanol–water partition coefficient (Wildman–Crippen LogP) is 5.60. The molecule has 0 radical (unpaired) electrons. The molecule has 0 spiro atoms. The molecule has 4 nitrogen and oxygen atoms in total. The van der Waals surface area contributed by atoms with E-state index in [-0.39, 0.29) is 28.2 Å². The second-order valence-electron chi connectivity index (χ2n) is 12.8. The molecule has 2 unspecified atom stereocenters. The first-order valence-corrected chi connectivity index (χ1v) is 12.8. The van der Waals surface area contributed by atoms with Crippen molar-refractivity contribution in [3.05, 3.63) is 47.5 Å². The number of carbonyl (C=O) groups is 2. The van der Waals surface area contributed by atoms with Crippen molar-refractivity contribution in [1.29, 1.82) is 0 Å². The number of benzene rings is 1. The number of aliphatic carboxylic acids is 1. The van der Waals surface area contributed by atoms with E-state index in [4.69, 9.17) is 0 Å². The third-order valence-corrected chi connectivity index (χ3v) is 10.5. The first-order chi connectivity index (χ1) is 15.4. The number of amides is 1. The molecule has 5 rings (SSSR count). The molecule has 7 atom stereocenters. The fraction of sp³-hybridized carbons (Fsp3) is 0.655. The second-order valence-corrected chi connectivity index (χ2v) is 12.8. The Hall–Kier alpha value is -2.10. The van der Waals surface area contributed by atoms with Gasteiger partial charge in [-0.1, -0.05) is 65.0 Å². The SMILES string of the molecule is CC(C)(C)c1cccc(C2(C(=O)O)CC[C@H]3[C@@H]4CCC5NC(=O)C=C[C@]5(C)[C@@H]4CC[C@@]32C)c1. The summed E-state index contributed by atoms with van der Waals surface area (Å²) in [5.74, 6) is 0.783. The third-order valence-electron chi connectivity index (χ3n) is 10.5. The van der Waals surface area contributed by atoms with Gasteiger partial charge in [0.1, 0.15) is 0 Å². The van der Waals surface area contributed by atoms with E-state index in [2.05, 4.69) is 70.3 Å². The molecule has 3 fully saturated rings. The number of carboxylic acids is 1. The zero-order valence-electron chi connectivity index (χ0n) is 20.8. The lowest BCUT2D eigenvalue weighted by atomic mass is 9.45. The number of nitrogens with one attached hydrogen (secondary N) is 1. The van der Waals surface area contributed by atoms with Gasteiger partial charge < -0.3 is 10.4 Å². The highest BCUT2D eigenvalue weighted by Gasteiger charge is 2.67. The number of rotatable bonds is 2. The van der Waals surface area contributed by atoms with Crippen molar-refractivity contribution in [3.63, 3.8) is 0 Å². The Bertz CT molecular complexity index is 1020. The quantitative estimate of drug-likeness (QED) is 0.617. The minimum Gasteiger partial charge on any atom is -0.481 e. The minimum atomic E-state index is -0.835. The van der Waals surface area contributed by atoms with Crippen LogP contribution in [0.2, 0.25) is 0 Å². The molecular formula is C29H39NO3. The second kappa shape index (κ2) is 7.20. The van der Waals surface area contributed by atoms with Crippen LogP contribution < -0.4 is 5.32 Å². The van der Waals surface area contributed by atoms with Gasteiger partial charge in [-0.3, -0.25) is 9.59 Å². The average molecular weight is 450 g/mol. The lowest BCUT2D eigenvalue weighted by Crippen LogP contribution is -2.61. The molecule has 178 valence electrons. The Morgan fingerprint density at radius 2 is 1.79 bits per heavy atom. The molecule has 0 bridgehead atoms. The number of hydrogen-bond acceptors (Lipinski definition) is 2. The molecule has 1 aromatic carbocycles. The lowest BCUT2D eigenvalue weighted by Gasteiger charge is -2.60. The summed E-state index contributed by atoms with van der Waals surface area (Å²) in [6, 6.07) is 8.66. The molecule has 1 amide bonds. The summed E-state index contributed by atoms with van der Waals surface area (Å²) >= 11 is 0. The zero-order valence-corrected chi connectivity index (χ0v) is 20.8. The third kappa shape index (κ3) is 3.01. The van der Waals surface area contributed by atoms with Crippen LogP contribution in [0.3, 0.4) is 0 Å². The van der Waals surface area contributed by atoms with Gasteiger partial charge >= 0.3 is 5.97 Å². The Labute approximate surface area is 198 Å². The lowest BCUT2D eigenvalue weighted by molar-refractivity contribution is -0.154. The minimum absolute atomic E-state index is 0.0169. The monoisotopic (exact) mass is 449 g/mol. The molecule has 0 aromatic heterocycles. The van der Waals surface area contributed by atoms with Crippen LogP contribution in [-0.4, -0.2) is 23.0 Å². The van der Waals surface area contributed by atoms with Crippen LogP contribution >= 0.6 is 0 Å². The molecule has 4 heteroatoms. The van der Waals surface area contributed by atoms with Crippen molar-refractivity contribution >= 4 is 11.9 Å². The molecule has 1 aromatic rings. The molecule has 3 aliphatic carbocycles. The van der Waals surface area contributed by atoms with Crippen molar-refractivity contribution in [2.75, 3.05) is 0 Å². The van der Waals surface area contributed by atoms with Gasteiger partial charge in [-0.15, -0.1) is 0 Å². The van der Waals surface area contributed by atoms with Gasteiger partial charge in [-0.2, -0.15) is 0 Å². The van der Waals surface area contributed by atoms with Gasteiger partial charge in [0.2, 0.25) is 5.91 Å². The summed E-state index contributed by atoms with van der Waals surface area (Å²) in [6.07, 6.45) is 9.60. The topological polar surface area (TPSA) is 66.4 Å². The van der Waals surface area contributed by atoms with Gasteiger partial charge in [0.15, 0.2) is 0 Å². The normalized spacial score (nSPS) is 42.2. The van der Waals surface area contributed by atoms with Crippen LogP contribution in [0.25, 0.3) is 0 Å². The summed E-state index contributed by atoms with van der Waals surface area (Å²) < 4.78 is 0. The molecule has 2 N–H and O–H groups in total. The van der Waals surface area contributed by atoms with Crippen LogP contribution in [0, 0.1) is 28.6 Å². The van der Waals surface area contributed by atoms with E-state index in [0.29, 0.717) is 24.2 Å². The number of hydrogen-bond donors (Lipinski definition) is 2. The van der Waals surface area contributed by atoms with Crippen molar-refractivity contribution < 1.29 is 14.7 Å². The Balaban J connectivity index is 1.56. The molecular weight excluding hydrogens is 410 g/mol. The van der Waals surface area contributed by atoms with Crippen LogP contribution in [0.5, 0.6) is 0 Å². The number of carboxylic acid groups (broad SMARTS) is 1. The van der Waals surface area contributed by atoms with Gasteiger partial charge in [-0.25, -0.2) is 0 Å². The van der Waals surface area contributed by atoms with Crippen LogP contribution in [-0.2, 0) is 20.4 Å². The van der Waals surface area contributed by atoms with E-state index >= 15 is 0 Å². The molecule has 33 heavy (non-hydrogen) atoms. The number of fused-ring (bicyclic) bond motifs is 5. The molecule has 0 saturated heterocycles. The van der Waals surface area contributed by atoms with E-state index in [1.807, 2.05) is 0 Å². The summed E-state index contributed by atoms with van der Waals surface area (Å²) in [6.45, 7) is 11.2. The van der Waals surface area contributed by atoms with E-state index in [9.17, 15) is 14.7 Å². The fourth-order valence-electron chi connectivity index (χ4n) is 8.57. The van der Waals surface area contributed by atoms with E-state index in [1.54, 1.807) is 6.08 Å². The van der Waals surface area contributed by atoms with E-state index < -0.39 is 11.4 Å². The predicted molar refractivity (Wildman–Crippen MR) is 130 cm³/mol. The highest BCUT2D eigenvalue weighted by atomic mass is 16.4. The molecule has 4 aliphatic rings. The van der Waals surface area contributed by atoms with Gasteiger partial charge in [-0.05, 0) is 84.3 Å². The first kappa shape index (κ1) is 22.7. The van der Waals surface area contributed by atoms with Crippen LogP contribution in [0.1, 0.15) is 84.3 Å². The zero-order chi connectivity index (χ0) is 23.8. The van der Waals surface area contributed by atoms with Crippen molar-refractivity contribution in [2.45, 2.75) is 90.0 Å². The Kier molecular flexibility index (Phi) is 4.95.